The number of anilines is 1. The maximum Gasteiger partial charge on any atom is 0.112 e. The molecule has 2 aromatic rings. The van der Waals surface area contributed by atoms with E-state index < -0.39 is 0 Å². The van der Waals surface area contributed by atoms with Crippen LogP contribution in [-0.4, -0.2) is 16.0 Å². The van der Waals surface area contributed by atoms with E-state index in [1.807, 2.05) is 24.5 Å². The van der Waals surface area contributed by atoms with Crippen LogP contribution in [0.1, 0.15) is 38.5 Å². The molecule has 1 N–H and O–H groups in total. The second-order valence-corrected chi connectivity index (χ2v) is 6.13. The minimum atomic E-state index is 0.582. The van der Waals surface area contributed by atoms with E-state index in [0.717, 1.165) is 21.2 Å². The smallest absolute Gasteiger partial charge is 0.112 e. The third-order valence-electron chi connectivity index (χ3n) is 3.76. The van der Waals surface area contributed by atoms with Crippen LogP contribution in [0.25, 0.3) is 11.0 Å². The molecule has 0 radical (unpaired) electrons. The average molecular weight is 320 g/mol. The van der Waals surface area contributed by atoms with Crippen molar-refractivity contribution in [1.82, 2.24) is 9.97 Å². The van der Waals surface area contributed by atoms with E-state index in [-0.39, 0.29) is 0 Å². The highest BCUT2D eigenvalue weighted by molar-refractivity contribution is 9.10. The van der Waals surface area contributed by atoms with Crippen molar-refractivity contribution in [1.29, 1.82) is 0 Å². The van der Waals surface area contributed by atoms with Gasteiger partial charge in [0.2, 0.25) is 0 Å². The summed E-state index contributed by atoms with van der Waals surface area (Å²) in [6.45, 7) is 0. The van der Waals surface area contributed by atoms with Crippen molar-refractivity contribution in [2.45, 2.75) is 44.6 Å². The van der Waals surface area contributed by atoms with E-state index in [9.17, 15) is 0 Å². The fourth-order valence-corrected chi connectivity index (χ4v) is 3.08. The SMILES string of the molecule is Brc1cnc2c(NC3CCCCCC3)ccnc2c1. The predicted octanol–water partition coefficient (Wildman–Crippen LogP) is 4.53. The molecule has 1 saturated carbocycles. The highest BCUT2D eigenvalue weighted by atomic mass is 79.9. The maximum absolute atomic E-state index is 4.50. The Bertz CT molecular complexity index is 562. The van der Waals surface area contributed by atoms with Crippen molar-refractivity contribution in [2.75, 3.05) is 5.32 Å². The number of fused-ring (bicyclic) bond motifs is 1. The summed E-state index contributed by atoms with van der Waals surface area (Å²) >= 11 is 3.44. The number of halogens is 1. The fourth-order valence-electron chi connectivity index (χ4n) is 2.77. The van der Waals surface area contributed by atoms with Crippen molar-refractivity contribution in [3.63, 3.8) is 0 Å². The molecule has 100 valence electrons. The summed E-state index contributed by atoms with van der Waals surface area (Å²) in [7, 11) is 0. The van der Waals surface area contributed by atoms with Crippen LogP contribution in [0, 0.1) is 0 Å². The van der Waals surface area contributed by atoms with Gasteiger partial charge in [0.25, 0.3) is 0 Å². The van der Waals surface area contributed by atoms with Crippen molar-refractivity contribution in [2.24, 2.45) is 0 Å². The summed E-state index contributed by atoms with van der Waals surface area (Å²) in [4.78, 5) is 8.88. The number of aromatic nitrogens is 2. The molecule has 1 aliphatic rings. The number of nitrogens with zero attached hydrogens (tertiary/aromatic N) is 2. The van der Waals surface area contributed by atoms with Crippen LogP contribution >= 0.6 is 15.9 Å². The van der Waals surface area contributed by atoms with Crippen LogP contribution in [0.2, 0.25) is 0 Å². The quantitative estimate of drug-likeness (QED) is 0.826. The molecule has 3 nitrogen and oxygen atoms in total. The Morgan fingerprint density at radius 2 is 1.89 bits per heavy atom. The lowest BCUT2D eigenvalue weighted by molar-refractivity contribution is 0.620. The molecule has 0 bridgehead atoms. The first-order chi connectivity index (χ1) is 9.33. The first kappa shape index (κ1) is 12.9. The summed E-state index contributed by atoms with van der Waals surface area (Å²) in [6, 6.07) is 4.63. The van der Waals surface area contributed by atoms with Crippen LogP contribution in [0.3, 0.4) is 0 Å². The van der Waals surface area contributed by atoms with Crippen LogP contribution in [0.4, 0.5) is 5.69 Å². The molecule has 2 heterocycles. The predicted molar refractivity (Wildman–Crippen MR) is 82.4 cm³/mol. The standard InChI is InChI=1S/C15H18BrN3/c16-11-9-14-15(18-10-11)13(7-8-17-14)19-12-5-3-1-2-4-6-12/h7-10,12H,1-6H2,(H,17,19). The van der Waals surface area contributed by atoms with E-state index in [0.29, 0.717) is 6.04 Å². The van der Waals surface area contributed by atoms with Crippen LogP contribution in [-0.2, 0) is 0 Å². The first-order valence-electron chi connectivity index (χ1n) is 7.00. The number of rotatable bonds is 2. The lowest BCUT2D eigenvalue weighted by atomic mass is 10.1. The van der Waals surface area contributed by atoms with Gasteiger partial charge in [-0.15, -0.1) is 0 Å². The van der Waals surface area contributed by atoms with Gasteiger partial charge < -0.3 is 5.32 Å². The van der Waals surface area contributed by atoms with Gasteiger partial charge in [-0.05, 0) is 40.9 Å². The molecule has 0 aliphatic heterocycles. The molecular formula is C15H18BrN3. The van der Waals surface area contributed by atoms with E-state index in [1.165, 1.54) is 38.5 Å². The number of hydrogen-bond donors (Lipinski definition) is 1. The molecule has 0 atom stereocenters. The molecule has 0 aromatic carbocycles. The van der Waals surface area contributed by atoms with Gasteiger partial charge in [-0.2, -0.15) is 0 Å². The van der Waals surface area contributed by atoms with Gasteiger partial charge in [-0.25, -0.2) is 0 Å². The van der Waals surface area contributed by atoms with Crippen molar-refractivity contribution in [3.05, 3.63) is 29.0 Å². The summed E-state index contributed by atoms with van der Waals surface area (Å²) in [5, 5.41) is 3.67. The van der Waals surface area contributed by atoms with Gasteiger partial charge >= 0.3 is 0 Å². The van der Waals surface area contributed by atoms with Crippen molar-refractivity contribution < 1.29 is 0 Å². The van der Waals surface area contributed by atoms with Gasteiger partial charge in [0.15, 0.2) is 0 Å². The molecule has 1 fully saturated rings. The molecule has 3 rings (SSSR count). The lowest BCUT2D eigenvalue weighted by Gasteiger charge is -2.18. The molecule has 0 unspecified atom stereocenters. The van der Waals surface area contributed by atoms with Crippen molar-refractivity contribution >= 4 is 32.7 Å². The molecule has 0 saturated heterocycles. The van der Waals surface area contributed by atoms with Crippen LogP contribution < -0.4 is 5.32 Å². The molecule has 0 spiro atoms. The zero-order valence-corrected chi connectivity index (χ0v) is 12.5. The molecule has 0 amide bonds. The zero-order chi connectivity index (χ0) is 13.1. The van der Waals surface area contributed by atoms with Gasteiger partial charge in [0, 0.05) is 22.9 Å². The Morgan fingerprint density at radius 3 is 2.68 bits per heavy atom. The van der Waals surface area contributed by atoms with Gasteiger partial charge in [0.1, 0.15) is 5.52 Å². The molecular weight excluding hydrogens is 302 g/mol. The molecule has 4 heteroatoms. The minimum absolute atomic E-state index is 0.582. The lowest BCUT2D eigenvalue weighted by Crippen LogP contribution is -2.18. The largest absolute Gasteiger partial charge is 0.380 e. The minimum Gasteiger partial charge on any atom is -0.380 e. The fraction of sp³-hybridized carbons (Fsp3) is 0.467. The van der Waals surface area contributed by atoms with E-state index >= 15 is 0 Å². The third kappa shape index (κ3) is 3.06. The summed E-state index contributed by atoms with van der Waals surface area (Å²) < 4.78 is 0.971. The number of pyridine rings is 2. The Labute approximate surface area is 122 Å². The Morgan fingerprint density at radius 1 is 1.11 bits per heavy atom. The number of nitrogens with one attached hydrogen (secondary N) is 1. The van der Waals surface area contributed by atoms with Crippen molar-refractivity contribution in [3.8, 4) is 0 Å². The Balaban J connectivity index is 1.87. The number of hydrogen-bond acceptors (Lipinski definition) is 3. The third-order valence-corrected chi connectivity index (χ3v) is 4.19. The van der Waals surface area contributed by atoms with E-state index in [4.69, 9.17) is 0 Å². The van der Waals surface area contributed by atoms with E-state index in [1.54, 1.807) is 0 Å². The van der Waals surface area contributed by atoms with Gasteiger partial charge in [-0.3, -0.25) is 9.97 Å². The normalized spacial score (nSPS) is 17.3. The van der Waals surface area contributed by atoms with Gasteiger partial charge in [0.05, 0.1) is 11.2 Å². The second kappa shape index (κ2) is 5.87. The first-order valence-corrected chi connectivity index (χ1v) is 7.79. The summed E-state index contributed by atoms with van der Waals surface area (Å²) in [6.07, 6.45) is 11.6. The Kier molecular flexibility index (Phi) is 3.97. The maximum atomic E-state index is 4.50. The van der Waals surface area contributed by atoms with Crippen LogP contribution in [0.5, 0.6) is 0 Å². The molecule has 1 aliphatic carbocycles. The molecule has 19 heavy (non-hydrogen) atoms. The summed E-state index contributed by atoms with van der Waals surface area (Å²) in [5.74, 6) is 0. The topological polar surface area (TPSA) is 37.8 Å². The van der Waals surface area contributed by atoms with E-state index in [2.05, 4.69) is 31.2 Å². The monoisotopic (exact) mass is 319 g/mol. The van der Waals surface area contributed by atoms with Gasteiger partial charge in [-0.1, -0.05) is 25.7 Å². The molecule has 2 aromatic heterocycles. The Hall–Kier alpha value is -1.16. The van der Waals surface area contributed by atoms with Crippen LogP contribution in [0.15, 0.2) is 29.0 Å². The highest BCUT2D eigenvalue weighted by Gasteiger charge is 2.13. The summed E-state index contributed by atoms with van der Waals surface area (Å²) in [5.41, 5.74) is 3.02. The average Bonchev–Trinajstić information content (AvgIpc) is 2.67. The highest BCUT2D eigenvalue weighted by Crippen LogP contribution is 2.26. The second-order valence-electron chi connectivity index (χ2n) is 5.21. The zero-order valence-electron chi connectivity index (χ0n) is 10.9.